The molecule has 0 aliphatic heterocycles. The van der Waals surface area contributed by atoms with Gasteiger partial charge in [-0.25, -0.2) is 8.78 Å². The Bertz CT molecular complexity index is 555. The topological polar surface area (TPSA) is 24.9 Å². The molecule has 18 heavy (non-hydrogen) atoms. The number of hydrogen-bond donors (Lipinski definition) is 1. The van der Waals surface area contributed by atoms with Crippen LogP contribution in [0.5, 0.6) is 0 Å². The fraction of sp³-hybridized carbons (Fsp3) is 0.214. The molecule has 1 aromatic heterocycles. The number of nitrogens with one attached hydrogen (secondary N) is 1. The standard InChI is InChI=1S/C14H14F2N2/c1-9-5-6-18-8-11(9)14(17-2)10-3-4-12(15)13(16)7-10/h3-8,14,17H,1-2H3. The van der Waals surface area contributed by atoms with E-state index in [1.54, 1.807) is 25.5 Å². The number of halogens is 2. The summed E-state index contributed by atoms with van der Waals surface area (Å²) in [6.07, 6.45) is 3.44. The number of nitrogens with zero attached hydrogens (tertiary/aromatic N) is 1. The van der Waals surface area contributed by atoms with E-state index in [1.807, 2.05) is 13.0 Å². The Morgan fingerprint density at radius 1 is 1.17 bits per heavy atom. The van der Waals surface area contributed by atoms with E-state index in [1.165, 1.54) is 6.07 Å². The second kappa shape index (κ2) is 5.23. The molecular weight excluding hydrogens is 234 g/mol. The van der Waals surface area contributed by atoms with Crippen LogP contribution in [0.2, 0.25) is 0 Å². The fourth-order valence-corrected chi connectivity index (χ4v) is 1.97. The summed E-state index contributed by atoms with van der Waals surface area (Å²) >= 11 is 0. The lowest BCUT2D eigenvalue weighted by Gasteiger charge is -2.19. The summed E-state index contributed by atoms with van der Waals surface area (Å²) in [7, 11) is 1.78. The molecule has 0 saturated carbocycles. The van der Waals surface area contributed by atoms with Gasteiger partial charge >= 0.3 is 0 Å². The average Bonchev–Trinajstić information content (AvgIpc) is 2.37. The normalized spacial score (nSPS) is 12.4. The van der Waals surface area contributed by atoms with Crippen molar-refractivity contribution >= 4 is 0 Å². The van der Waals surface area contributed by atoms with Crippen molar-refractivity contribution in [3.05, 3.63) is 65.0 Å². The molecule has 1 heterocycles. The van der Waals surface area contributed by atoms with Gasteiger partial charge in [-0.2, -0.15) is 0 Å². The molecule has 2 aromatic rings. The molecule has 1 atom stereocenters. The van der Waals surface area contributed by atoms with Crippen LogP contribution >= 0.6 is 0 Å². The summed E-state index contributed by atoms with van der Waals surface area (Å²) in [4.78, 5) is 4.07. The molecule has 0 bridgehead atoms. The van der Waals surface area contributed by atoms with Crippen molar-refractivity contribution in [3.63, 3.8) is 0 Å². The van der Waals surface area contributed by atoms with Gasteiger partial charge in [0.25, 0.3) is 0 Å². The molecule has 1 aromatic carbocycles. The summed E-state index contributed by atoms with van der Waals surface area (Å²) in [6, 6.07) is 5.61. The van der Waals surface area contributed by atoms with E-state index in [0.29, 0.717) is 5.56 Å². The first kappa shape index (κ1) is 12.6. The minimum atomic E-state index is -0.839. The molecule has 0 fully saturated rings. The number of aromatic nitrogens is 1. The molecule has 4 heteroatoms. The summed E-state index contributed by atoms with van der Waals surface area (Å²) < 4.78 is 26.2. The Balaban J connectivity index is 2.45. The van der Waals surface area contributed by atoms with Gasteiger partial charge in [0, 0.05) is 12.4 Å². The van der Waals surface area contributed by atoms with Gasteiger partial charge in [0.2, 0.25) is 0 Å². The third-order valence-electron chi connectivity index (χ3n) is 2.96. The van der Waals surface area contributed by atoms with E-state index in [-0.39, 0.29) is 6.04 Å². The van der Waals surface area contributed by atoms with Crippen molar-refractivity contribution in [1.82, 2.24) is 10.3 Å². The zero-order chi connectivity index (χ0) is 13.1. The van der Waals surface area contributed by atoms with Crippen molar-refractivity contribution in [3.8, 4) is 0 Å². The zero-order valence-corrected chi connectivity index (χ0v) is 10.2. The Hall–Kier alpha value is -1.81. The van der Waals surface area contributed by atoms with Crippen LogP contribution < -0.4 is 5.32 Å². The summed E-state index contributed by atoms with van der Waals surface area (Å²) in [6.45, 7) is 1.96. The average molecular weight is 248 g/mol. The Labute approximate surface area is 105 Å². The van der Waals surface area contributed by atoms with Crippen molar-refractivity contribution in [2.24, 2.45) is 0 Å². The number of aryl methyl sites for hydroxylation is 1. The van der Waals surface area contributed by atoms with Crippen LogP contribution in [-0.2, 0) is 0 Å². The molecule has 0 saturated heterocycles. The first-order valence-corrected chi connectivity index (χ1v) is 5.66. The lowest BCUT2D eigenvalue weighted by atomic mass is 9.97. The van der Waals surface area contributed by atoms with Crippen LogP contribution in [0.1, 0.15) is 22.7 Å². The molecule has 0 spiro atoms. The van der Waals surface area contributed by atoms with Crippen LogP contribution in [-0.4, -0.2) is 12.0 Å². The molecular formula is C14H14F2N2. The quantitative estimate of drug-likeness (QED) is 0.903. The molecule has 0 radical (unpaired) electrons. The molecule has 2 rings (SSSR count). The highest BCUT2D eigenvalue weighted by Crippen LogP contribution is 2.24. The van der Waals surface area contributed by atoms with E-state index in [0.717, 1.165) is 17.2 Å². The SMILES string of the molecule is CNC(c1ccc(F)c(F)c1)c1cnccc1C. The van der Waals surface area contributed by atoms with Gasteiger partial charge < -0.3 is 5.32 Å². The predicted octanol–water partition coefficient (Wildman–Crippen LogP) is 2.98. The van der Waals surface area contributed by atoms with Crippen LogP contribution in [0, 0.1) is 18.6 Å². The van der Waals surface area contributed by atoms with Crippen molar-refractivity contribution < 1.29 is 8.78 Å². The van der Waals surface area contributed by atoms with Gasteiger partial charge in [0.1, 0.15) is 0 Å². The van der Waals surface area contributed by atoms with Crippen molar-refractivity contribution in [1.29, 1.82) is 0 Å². The highest BCUT2D eigenvalue weighted by molar-refractivity contribution is 5.35. The van der Waals surface area contributed by atoms with Gasteiger partial charge in [-0.05, 0) is 48.9 Å². The zero-order valence-electron chi connectivity index (χ0n) is 10.2. The van der Waals surface area contributed by atoms with Crippen LogP contribution in [0.15, 0.2) is 36.7 Å². The minimum Gasteiger partial charge on any atom is -0.309 e. The molecule has 94 valence electrons. The summed E-state index contributed by atoms with van der Waals surface area (Å²) in [5.74, 6) is -1.68. The van der Waals surface area contributed by atoms with E-state index in [9.17, 15) is 8.78 Å². The van der Waals surface area contributed by atoms with E-state index >= 15 is 0 Å². The maximum atomic E-state index is 13.3. The number of hydrogen-bond acceptors (Lipinski definition) is 2. The third-order valence-corrected chi connectivity index (χ3v) is 2.96. The first-order chi connectivity index (χ1) is 8.63. The molecule has 2 nitrogen and oxygen atoms in total. The van der Waals surface area contributed by atoms with Gasteiger partial charge in [-0.15, -0.1) is 0 Å². The lowest BCUT2D eigenvalue weighted by Crippen LogP contribution is -2.19. The number of pyridine rings is 1. The van der Waals surface area contributed by atoms with Crippen LogP contribution in [0.25, 0.3) is 0 Å². The van der Waals surface area contributed by atoms with Crippen molar-refractivity contribution in [2.45, 2.75) is 13.0 Å². The highest BCUT2D eigenvalue weighted by Gasteiger charge is 2.16. The fourth-order valence-electron chi connectivity index (χ4n) is 1.97. The Morgan fingerprint density at radius 2 is 1.94 bits per heavy atom. The third kappa shape index (κ3) is 2.38. The Kier molecular flexibility index (Phi) is 3.67. The number of rotatable bonds is 3. The second-order valence-corrected chi connectivity index (χ2v) is 4.13. The largest absolute Gasteiger partial charge is 0.309 e. The van der Waals surface area contributed by atoms with Gasteiger partial charge in [-0.3, -0.25) is 4.98 Å². The maximum Gasteiger partial charge on any atom is 0.159 e. The molecule has 1 N–H and O–H groups in total. The first-order valence-electron chi connectivity index (χ1n) is 5.66. The Morgan fingerprint density at radius 3 is 2.56 bits per heavy atom. The predicted molar refractivity (Wildman–Crippen MR) is 66.2 cm³/mol. The second-order valence-electron chi connectivity index (χ2n) is 4.13. The monoisotopic (exact) mass is 248 g/mol. The van der Waals surface area contributed by atoms with Crippen LogP contribution in [0.4, 0.5) is 8.78 Å². The van der Waals surface area contributed by atoms with Gasteiger partial charge in [0.05, 0.1) is 6.04 Å². The van der Waals surface area contributed by atoms with Gasteiger partial charge in [0.15, 0.2) is 11.6 Å². The molecule has 0 aliphatic rings. The smallest absolute Gasteiger partial charge is 0.159 e. The number of benzene rings is 1. The molecule has 0 aliphatic carbocycles. The summed E-state index contributed by atoms with van der Waals surface area (Å²) in [5, 5.41) is 3.09. The molecule has 1 unspecified atom stereocenters. The van der Waals surface area contributed by atoms with E-state index in [4.69, 9.17) is 0 Å². The van der Waals surface area contributed by atoms with E-state index < -0.39 is 11.6 Å². The highest BCUT2D eigenvalue weighted by atomic mass is 19.2. The summed E-state index contributed by atoms with van der Waals surface area (Å²) in [5.41, 5.74) is 2.67. The van der Waals surface area contributed by atoms with E-state index in [2.05, 4.69) is 10.3 Å². The minimum absolute atomic E-state index is 0.200. The van der Waals surface area contributed by atoms with Crippen molar-refractivity contribution in [2.75, 3.05) is 7.05 Å². The maximum absolute atomic E-state index is 13.3. The van der Waals surface area contributed by atoms with Gasteiger partial charge in [-0.1, -0.05) is 6.07 Å². The molecule has 0 amide bonds. The lowest BCUT2D eigenvalue weighted by molar-refractivity contribution is 0.505. The van der Waals surface area contributed by atoms with Crippen LogP contribution in [0.3, 0.4) is 0 Å².